The van der Waals surface area contributed by atoms with Gasteiger partial charge in [-0.05, 0) is 26.2 Å². The molecule has 18 heavy (non-hydrogen) atoms. The Bertz CT molecular complexity index is 314. The smallest absolute Gasteiger partial charge is 0.305 e. The summed E-state index contributed by atoms with van der Waals surface area (Å²) >= 11 is 0. The van der Waals surface area contributed by atoms with E-state index >= 15 is 0 Å². The fourth-order valence-corrected chi connectivity index (χ4v) is 2.69. The average Bonchev–Trinajstić information content (AvgIpc) is 2.28. The molecule has 0 aliphatic heterocycles. The van der Waals surface area contributed by atoms with E-state index in [1.54, 1.807) is 6.92 Å². The van der Waals surface area contributed by atoms with Crippen LogP contribution in [0.15, 0.2) is 0 Å². The Morgan fingerprint density at radius 2 is 1.78 bits per heavy atom. The lowest BCUT2D eigenvalue weighted by Crippen LogP contribution is -2.27. The molecule has 6 heteroatoms. The first-order valence-electron chi connectivity index (χ1n) is 6.64. The van der Waals surface area contributed by atoms with Gasteiger partial charge in [0.25, 0.3) is 0 Å². The van der Waals surface area contributed by atoms with Gasteiger partial charge in [-0.25, -0.2) is 13.1 Å². The fourth-order valence-electron chi connectivity index (χ4n) is 1.55. The minimum absolute atomic E-state index is 0.152. The van der Waals surface area contributed by atoms with Crippen LogP contribution in [-0.4, -0.2) is 33.3 Å². The lowest BCUT2D eigenvalue weighted by atomic mass is 10.1. The molecule has 0 atom stereocenters. The summed E-state index contributed by atoms with van der Waals surface area (Å²) in [6.07, 6.45) is 4.55. The molecule has 0 radical (unpaired) electrons. The molecule has 0 aromatic heterocycles. The van der Waals surface area contributed by atoms with Gasteiger partial charge in [0.1, 0.15) is 0 Å². The zero-order valence-electron chi connectivity index (χ0n) is 11.4. The third-order valence-corrected chi connectivity index (χ3v) is 4.00. The minimum atomic E-state index is -3.07. The molecule has 0 heterocycles. The van der Waals surface area contributed by atoms with Crippen molar-refractivity contribution in [2.24, 2.45) is 0 Å². The van der Waals surface area contributed by atoms with E-state index in [9.17, 15) is 13.2 Å². The maximum absolute atomic E-state index is 11.3. The number of hydrogen-bond donors (Lipinski definition) is 1. The molecular weight excluding hydrogens is 254 g/mol. The Labute approximate surface area is 110 Å². The number of esters is 1. The molecule has 5 nitrogen and oxygen atoms in total. The molecule has 0 saturated heterocycles. The Kier molecular flexibility index (Phi) is 9.96. The van der Waals surface area contributed by atoms with Crippen LogP contribution in [0.5, 0.6) is 0 Å². The number of sulfonamides is 1. The summed E-state index contributed by atoms with van der Waals surface area (Å²) in [5.74, 6) is 0.0386. The first-order chi connectivity index (χ1) is 8.52. The van der Waals surface area contributed by atoms with E-state index in [-0.39, 0.29) is 11.7 Å². The SMILES string of the molecule is CCCS(=O)(=O)NCCCCCCC(=O)OCC. The van der Waals surface area contributed by atoms with E-state index in [0.717, 1.165) is 25.7 Å². The highest BCUT2D eigenvalue weighted by Gasteiger charge is 2.06. The summed E-state index contributed by atoms with van der Waals surface area (Å²) in [5.41, 5.74) is 0. The van der Waals surface area contributed by atoms with E-state index in [4.69, 9.17) is 4.74 Å². The Morgan fingerprint density at radius 3 is 2.39 bits per heavy atom. The normalized spacial score (nSPS) is 11.4. The number of carbonyl (C=O) groups excluding carboxylic acids is 1. The standard InChI is InChI=1S/C12H25NO4S/c1-3-11-18(15,16)13-10-8-6-5-7-9-12(14)17-4-2/h13H,3-11H2,1-2H3. The van der Waals surface area contributed by atoms with Gasteiger partial charge in [0.15, 0.2) is 0 Å². The number of ether oxygens (including phenoxy) is 1. The van der Waals surface area contributed by atoms with E-state index < -0.39 is 10.0 Å². The summed E-state index contributed by atoms with van der Waals surface area (Å²) in [6, 6.07) is 0. The van der Waals surface area contributed by atoms with Crippen molar-refractivity contribution in [3.05, 3.63) is 0 Å². The van der Waals surface area contributed by atoms with Crippen molar-refractivity contribution in [1.29, 1.82) is 0 Å². The van der Waals surface area contributed by atoms with Crippen molar-refractivity contribution in [3.63, 3.8) is 0 Å². The van der Waals surface area contributed by atoms with Crippen molar-refractivity contribution in [3.8, 4) is 0 Å². The Hall–Kier alpha value is -0.620. The van der Waals surface area contributed by atoms with Crippen LogP contribution in [0.4, 0.5) is 0 Å². The molecule has 0 fully saturated rings. The molecule has 108 valence electrons. The van der Waals surface area contributed by atoms with Crippen LogP contribution in [0.2, 0.25) is 0 Å². The van der Waals surface area contributed by atoms with Crippen LogP contribution < -0.4 is 4.72 Å². The van der Waals surface area contributed by atoms with Crippen molar-refractivity contribution in [2.75, 3.05) is 18.9 Å². The average molecular weight is 279 g/mol. The van der Waals surface area contributed by atoms with Crippen LogP contribution in [-0.2, 0) is 19.6 Å². The van der Waals surface area contributed by atoms with Crippen LogP contribution in [0, 0.1) is 0 Å². The molecule has 0 amide bonds. The molecule has 1 N–H and O–H groups in total. The van der Waals surface area contributed by atoms with Gasteiger partial charge in [-0.3, -0.25) is 4.79 Å². The van der Waals surface area contributed by atoms with Crippen LogP contribution in [0.25, 0.3) is 0 Å². The molecule has 0 aromatic carbocycles. The third-order valence-electron chi connectivity index (χ3n) is 2.41. The van der Waals surface area contributed by atoms with Gasteiger partial charge in [0.2, 0.25) is 10.0 Å². The summed E-state index contributed by atoms with van der Waals surface area (Å²) in [4.78, 5) is 11.0. The van der Waals surface area contributed by atoms with Crippen molar-refractivity contribution in [2.45, 2.75) is 52.4 Å². The van der Waals surface area contributed by atoms with Crippen molar-refractivity contribution < 1.29 is 17.9 Å². The van der Waals surface area contributed by atoms with Gasteiger partial charge in [0.05, 0.1) is 12.4 Å². The van der Waals surface area contributed by atoms with Gasteiger partial charge < -0.3 is 4.74 Å². The first-order valence-corrected chi connectivity index (χ1v) is 8.30. The van der Waals surface area contributed by atoms with Gasteiger partial charge >= 0.3 is 5.97 Å². The first kappa shape index (κ1) is 17.4. The molecule has 0 aliphatic carbocycles. The van der Waals surface area contributed by atoms with Crippen LogP contribution >= 0.6 is 0 Å². The van der Waals surface area contributed by atoms with Crippen LogP contribution in [0.3, 0.4) is 0 Å². The zero-order chi connectivity index (χ0) is 13.9. The largest absolute Gasteiger partial charge is 0.466 e. The summed E-state index contributed by atoms with van der Waals surface area (Å²) in [7, 11) is -3.07. The van der Waals surface area contributed by atoms with E-state index in [1.807, 2.05) is 6.92 Å². The molecule has 0 saturated carbocycles. The van der Waals surface area contributed by atoms with Gasteiger partial charge in [-0.1, -0.05) is 19.8 Å². The van der Waals surface area contributed by atoms with Crippen molar-refractivity contribution >= 4 is 16.0 Å². The number of unbranched alkanes of at least 4 members (excludes halogenated alkanes) is 3. The second-order valence-electron chi connectivity index (χ2n) is 4.18. The zero-order valence-corrected chi connectivity index (χ0v) is 12.2. The Morgan fingerprint density at radius 1 is 1.11 bits per heavy atom. The molecule has 0 aromatic rings. The van der Waals surface area contributed by atoms with Crippen molar-refractivity contribution in [1.82, 2.24) is 4.72 Å². The second kappa shape index (κ2) is 10.3. The van der Waals surface area contributed by atoms with E-state index in [1.165, 1.54) is 0 Å². The molecule has 0 spiro atoms. The third kappa shape index (κ3) is 10.5. The Balaban J connectivity index is 3.39. The number of carbonyl (C=O) groups is 1. The monoisotopic (exact) mass is 279 g/mol. The van der Waals surface area contributed by atoms with Crippen LogP contribution in [0.1, 0.15) is 52.4 Å². The quantitative estimate of drug-likeness (QED) is 0.462. The number of hydrogen-bond acceptors (Lipinski definition) is 4. The highest BCUT2D eigenvalue weighted by atomic mass is 32.2. The van der Waals surface area contributed by atoms with E-state index in [0.29, 0.717) is 26.0 Å². The summed E-state index contributed by atoms with van der Waals surface area (Å²) < 4.78 is 30.0. The fraction of sp³-hybridized carbons (Fsp3) is 0.917. The number of rotatable bonds is 11. The van der Waals surface area contributed by atoms with Gasteiger partial charge in [-0.15, -0.1) is 0 Å². The lowest BCUT2D eigenvalue weighted by Gasteiger charge is -2.05. The molecule has 0 unspecified atom stereocenters. The highest BCUT2D eigenvalue weighted by molar-refractivity contribution is 7.89. The molecule has 0 bridgehead atoms. The maximum Gasteiger partial charge on any atom is 0.305 e. The van der Waals surface area contributed by atoms with E-state index in [2.05, 4.69) is 4.72 Å². The lowest BCUT2D eigenvalue weighted by molar-refractivity contribution is -0.143. The van der Waals surface area contributed by atoms with Gasteiger partial charge in [0, 0.05) is 13.0 Å². The molecule has 0 rings (SSSR count). The predicted molar refractivity (Wildman–Crippen MR) is 71.8 cm³/mol. The predicted octanol–water partition coefficient (Wildman–Crippen LogP) is 1.83. The van der Waals surface area contributed by atoms with Gasteiger partial charge in [-0.2, -0.15) is 0 Å². The molecular formula is C12H25NO4S. The minimum Gasteiger partial charge on any atom is -0.466 e. The topological polar surface area (TPSA) is 72.5 Å². The maximum atomic E-state index is 11.3. The molecule has 0 aliphatic rings. The second-order valence-corrected chi connectivity index (χ2v) is 6.11. The highest BCUT2D eigenvalue weighted by Crippen LogP contribution is 2.04. The summed E-state index contributed by atoms with van der Waals surface area (Å²) in [5, 5.41) is 0. The summed E-state index contributed by atoms with van der Waals surface area (Å²) in [6.45, 7) is 4.55. The number of nitrogens with one attached hydrogen (secondary N) is 1.